The molecule has 2 N–H and O–H groups in total. The average Bonchev–Trinajstić information content (AvgIpc) is 2.68. The zero-order valence-electron chi connectivity index (χ0n) is 8.17. The monoisotopic (exact) mass is 300 g/mol. The Kier molecular flexibility index (Phi) is 2.88. The first-order chi connectivity index (χ1) is 7.50. The molecule has 0 atom stereocenters. The summed E-state index contributed by atoms with van der Waals surface area (Å²) in [4.78, 5) is 0.0954. The highest BCUT2D eigenvalue weighted by Gasteiger charge is 2.16. The molecule has 1 heterocycles. The molecule has 4 nitrogen and oxygen atoms in total. The molecule has 0 unspecified atom stereocenters. The van der Waals surface area contributed by atoms with Crippen molar-refractivity contribution in [1.82, 2.24) is 4.57 Å². The fourth-order valence-electron chi connectivity index (χ4n) is 1.46. The first-order valence-corrected chi connectivity index (χ1v) is 6.79. The second kappa shape index (κ2) is 4.04. The summed E-state index contributed by atoms with van der Waals surface area (Å²) in [6.45, 7) is 0. The standard InChI is InChI=1S/C10H9BrN2O2S/c11-8-4-3-5-9(16(12,14)15)10(8)13-6-1-2-7-13/h1-7H,(H2,12,14,15). The number of rotatable bonds is 2. The quantitative estimate of drug-likeness (QED) is 0.920. The number of nitrogens with zero attached hydrogens (tertiary/aromatic N) is 1. The summed E-state index contributed by atoms with van der Waals surface area (Å²) in [5.74, 6) is 0. The van der Waals surface area contributed by atoms with Gasteiger partial charge in [0.15, 0.2) is 0 Å². The van der Waals surface area contributed by atoms with E-state index < -0.39 is 10.0 Å². The summed E-state index contributed by atoms with van der Waals surface area (Å²) >= 11 is 3.32. The third kappa shape index (κ3) is 2.04. The number of hydrogen-bond acceptors (Lipinski definition) is 2. The van der Waals surface area contributed by atoms with Crippen molar-refractivity contribution < 1.29 is 8.42 Å². The molecular formula is C10H9BrN2O2S. The normalized spacial score (nSPS) is 11.6. The van der Waals surface area contributed by atoms with Gasteiger partial charge in [-0.2, -0.15) is 0 Å². The van der Waals surface area contributed by atoms with Gasteiger partial charge in [-0.05, 0) is 40.2 Å². The van der Waals surface area contributed by atoms with Crippen LogP contribution in [0.3, 0.4) is 0 Å². The van der Waals surface area contributed by atoms with E-state index in [2.05, 4.69) is 15.9 Å². The highest BCUT2D eigenvalue weighted by atomic mass is 79.9. The molecule has 16 heavy (non-hydrogen) atoms. The lowest BCUT2D eigenvalue weighted by molar-refractivity contribution is 0.597. The molecule has 1 aromatic heterocycles. The van der Waals surface area contributed by atoms with E-state index in [0.29, 0.717) is 10.2 Å². The average molecular weight is 301 g/mol. The van der Waals surface area contributed by atoms with Crippen molar-refractivity contribution in [2.45, 2.75) is 4.90 Å². The van der Waals surface area contributed by atoms with Crippen LogP contribution in [0, 0.1) is 0 Å². The number of hydrogen-bond donors (Lipinski definition) is 1. The van der Waals surface area contributed by atoms with Crippen LogP contribution in [0.25, 0.3) is 5.69 Å². The minimum Gasteiger partial charge on any atom is -0.322 e. The van der Waals surface area contributed by atoms with Crippen LogP contribution in [0.2, 0.25) is 0 Å². The van der Waals surface area contributed by atoms with E-state index in [9.17, 15) is 8.42 Å². The number of benzene rings is 1. The van der Waals surface area contributed by atoms with Crippen molar-refractivity contribution in [2.75, 3.05) is 0 Å². The minimum atomic E-state index is -3.73. The van der Waals surface area contributed by atoms with Crippen LogP contribution >= 0.6 is 15.9 Å². The van der Waals surface area contributed by atoms with E-state index in [1.807, 2.05) is 12.1 Å². The zero-order valence-corrected chi connectivity index (χ0v) is 10.6. The molecule has 0 aliphatic heterocycles. The van der Waals surface area contributed by atoms with Crippen LogP contribution in [0.5, 0.6) is 0 Å². The molecule has 2 rings (SSSR count). The van der Waals surface area contributed by atoms with Crippen molar-refractivity contribution in [3.8, 4) is 5.69 Å². The first-order valence-electron chi connectivity index (χ1n) is 4.45. The summed E-state index contributed by atoms with van der Waals surface area (Å²) in [5, 5.41) is 5.17. The van der Waals surface area contributed by atoms with Gasteiger partial charge in [-0.15, -0.1) is 0 Å². The first kappa shape index (κ1) is 11.4. The Morgan fingerprint density at radius 3 is 2.31 bits per heavy atom. The predicted octanol–water partition coefficient (Wildman–Crippen LogP) is 1.89. The van der Waals surface area contributed by atoms with Crippen LogP contribution in [-0.2, 0) is 10.0 Å². The maximum absolute atomic E-state index is 11.4. The second-order valence-corrected chi connectivity index (χ2v) is 5.61. The van der Waals surface area contributed by atoms with Crippen LogP contribution < -0.4 is 5.14 Å². The number of sulfonamides is 1. The van der Waals surface area contributed by atoms with Gasteiger partial charge < -0.3 is 4.57 Å². The summed E-state index contributed by atoms with van der Waals surface area (Å²) in [6, 6.07) is 8.51. The molecule has 0 saturated carbocycles. The van der Waals surface area contributed by atoms with Crippen LogP contribution in [0.1, 0.15) is 0 Å². The molecular weight excluding hydrogens is 292 g/mol. The Balaban J connectivity index is 2.78. The van der Waals surface area contributed by atoms with Gasteiger partial charge in [0.2, 0.25) is 10.0 Å². The molecule has 0 amide bonds. The molecule has 84 valence electrons. The molecule has 0 aliphatic carbocycles. The summed E-state index contributed by atoms with van der Waals surface area (Å²) in [7, 11) is -3.73. The van der Waals surface area contributed by atoms with Gasteiger partial charge in [-0.25, -0.2) is 13.6 Å². The third-order valence-corrected chi connectivity index (χ3v) is 3.70. The number of halogens is 1. The molecule has 6 heteroatoms. The maximum Gasteiger partial charge on any atom is 0.240 e. The number of nitrogens with two attached hydrogens (primary N) is 1. The van der Waals surface area contributed by atoms with E-state index in [1.165, 1.54) is 6.07 Å². The van der Waals surface area contributed by atoms with Crippen molar-refractivity contribution in [2.24, 2.45) is 5.14 Å². The SMILES string of the molecule is NS(=O)(=O)c1cccc(Br)c1-n1cccc1. The molecule has 0 bridgehead atoms. The van der Waals surface area contributed by atoms with Gasteiger partial charge in [-0.3, -0.25) is 0 Å². The largest absolute Gasteiger partial charge is 0.322 e. The van der Waals surface area contributed by atoms with Gasteiger partial charge in [0.05, 0.1) is 5.69 Å². The molecule has 2 aromatic rings. The number of primary sulfonamides is 1. The summed E-state index contributed by atoms with van der Waals surface area (Å²) in [6.07, 6.45) is 3.52. The van der Waals surface area contributed by atoms with E-state index >= 15 is 0 Å². The maximum atomic E-state index is 11.4. The van der Waals surface area contributed by atoms with Gasteiger partial charge in [0, 0.05) is 16.9 Å². The highest BCUT2D eigenvalue weighted by Crippen LogP contribution is 2.27. The van der Waals surface area contributed by atoms with Gasteiger partial charge in [0.1, 0.15) is 4.90 Å². The van der Waals surface area contributed by atoms with Gasteiger partial charge >= 0.3 is 0 Å². The lowest BCUT2D eigenvalue weighted by Crippen LogP contribution is -2.15. The van der Waals surface area contributed by atoms with Crippen LogP contribution in [0.4, 0.5) is 0 Å². The van der Waals surface area contributed by atoms with E-state index in [4.69, 9.17) is 5.14 Å². The lowest BCUT2D eigenvalue weighted by Gasteiger charge is -2.10. The fourth-order valence-corrected chi connectivity index (χ4v) is 2.91. The third-order valence-electron chi connectivity index (χ3n) is 2.12. The number of para-hydroxylation sites is 1. The summed E-state index contributed by atoms with van der Waals surface area (Å²) < 4.78 is 25.3. The molecule has 0 aliphatic rings. The second-order valence-electron chi connectivity index (χ2n) is 3.22. The highest BCUT2D eigenvalue weighted by molar-refractivity contribution is 9.10. The molecule has 0 saturated heterocycles. The molecule has 0 spiro atoms. The van der Waals surface area contributed by atoms with Crippen molar-refractivity contribution in [3.05, 3.63) is 47.2 Å². The van der Waals surface area contributed by atoms with E-state index in [1.54, 1.807) is 29.1 Å². The van der Waals surface area contributed by atoms with E-state index in [-0.39, 0.29) is 4.90 Å². The molecule has 0 fully saturated rings. The Labute approximate surface area is 102 Å². The molecule has 1 aromatic carbocycles. The Hall–Kier alpha value is -1.11. The Morgan fingerprint density at radius 2 is 1.75 bits per heavy atom. The van der Waals surface area contributed by atoms with Crippen molar-refractivity contribution in [1.29, 1.82) is 0 Å². The summed E-state index contributed by atoms with van der Waals surface area (Å²) in [5.41, 5.74) is 0.523. The predicted molar refractivity (Wildman–Crippen MR) is 64.8 cm³/mol. The van der Waals surface area contributed by atoms with Crippen molar-refractivity contribution >= 4 is 26.0 Å². The van der Waals surface area contributed by atoms with Crippen molar-refractivity contribution in [3.63, 3.8) is 0 Å². The lowest BCUT2D eigenvalue weighted by atomic mass is 10.3. The number of aromatic nitrogens is 1. The Bertz CT molecular complexity index is 606. The van der Waals surface area contributed by atoms with Gasteiger partial charge in [0.25, 0.3) is 0 Å². The smallest absolute Gasteiger partial charge is 0.240 e. The molecule has 0 radical (unpaired) electrons. The fraction of sp³-hybridized carbons (Fsp3) is 0. The minimum absolute atomic E-state index is 0.0954. The van der Waals surface area contributed by atoms with Gasteiger partial charge in [-0.1, -0.05) is 6.07 Å². The Morgan fingerprint density at radius 1 is 1.12 bits per heavy atom. The van der Waals surface area contributed by atoms with Crippen LogP contribution in [0.15, 0.2) is 52.1 Å². The topological polar surface area (TPSA) is 65.1 Å². The van der Waals surface area contributed by atoms with E-state index in [0.717, 1.165) is 0 Å². The van der Waals surface area contributed by atoms with Crippen LogP contribution in [-0.4, -0.2) is 13.0 Å². The zero-order chi connectivity index (χ0) is 11.8.